The van der Waals surface area contributed by atoms with Crippen LogP contribution in [0.3, 0.4) is 0 Å². The molecule has 7 nitrogen and oxygen atoms in total. The van der Waals surface area contributed by atoms with Gasteiger partial charge < -0.3 is 19.9 Å². The molecule has 1 fully saturated rings. The highest BCUT2D eigenvalue weighted by atomic mass is 19.1. The van der Waals surface area contributed by atoms with Crippen molar-refractivity contribution >= 4 is 17.7 Å². The minimum Gasteiger partial charge on any atom is -0.378 e. The van der Waals surface area contributed by atoms with Gasteiger partial charge >= 0.3 is 6.03 Å². The van der Waals surface area contributed by atoms with Gasteiger partial charge in [-0.2, -0.15) is 0 Å². The summed E-state index contributed by atoms with van der Waals surface area (Å²) in [7, 11) is 0. The average molecular weight is 385 g/mol. The van der Waals surface area contributed by atoms with Crippen molar-refractivity contribution in [1.82, 2.24) is 14.9 Å². The van der Waals surface area contributed by atoms with Crippen molar-refractivity contribution in [1.29, 1.82) is 0 Å². The Bertz CT molecular complexity index is 870. The van der Waals surface area contributed by atoms with E-state index in [0.29, 0.717) is 44.8 Å². The van der Waals surface area contributed by atoms with Crippen molar-refractivity contribution in [2.45, 2.75) is 19.8 Å². The van der Waals surface area contributed by atoms with Crippen LogP contribution in [0.15, 0.2) is 24.3 Å². The van der Waals surface area contributed by atoms with Gasteiger partial charge in [-0.15, -0.1) is 0 Å². The number of aryl methyl sites for hydroxylation is 1. The van der Waals surface area contributed by atoms with Crippen LogP contribution in [0.1, 0.15) is 17.0 Å². The fourth-order valence-corrected chi connectivity index (χ4v) is 3.65. The zero-order chi connectivity index (χ0) is 19.5. The van der Waals surface area contributed by atoms with Gasteiger partial charge in [0.1, 0.15) is 5.82 Å². The van der Waals surface area contributed by atoms with Gasteiger partial charge in [-0.1, -0.05) is 6.07 Å². The predicted octanol–water partition coefficient (Wildman–Crippen LogP) is 2.39. The molecule has 1 saturated heterocycles. The Hall–Kier alpha value is -2.74. The molecule has 0 radical (unpaired) electrons. The Morgan fingerprint density at radius 1 is 1.14 bits per heavy atom. The van der Waals surface area contributed by atoms with Crippen LogP contribution < -0.4 is 10.2 Å². The lowest BCUT2D eigenvalue weighted by molar-refractivity contribution is 0.122. The molecule has 8 heteroatoms. The number of hydrogen-bond donors (Lipinski definition) is 1. The molecule has 0 aliphatic carbocycles. The maximum Gasteiger partial charge on any atom is 0.321 e. The molecule has 2 amide bonds. The van der Waals surface area contributed by atoms with Crippen LogP contribution in [-0.4, -0.2) is 60.3 Å². The number of halogens is 1. The van der Waals surface area contributed by atoms with E-state index in [2.05, 4.69) is 10.2 Å². The SMILES string of the molecule is Cc1nc(N2CCOCC2)nc2c1CCN(C(=O)Nc1cccc(F)c1)CC2. The van der Waals surface area contributed by atoms with Crippen LogP contribution in [0.4, 0.5) is 20.8 Å². The number of nitrogens with one attached hydrogen (secondary N) is 1. The first-order valence-electron chi connectivity index (χ1n) is 9.61. The maximum absolute atomic E-state index is 13.3. The maximum atomic E-state index is 13.3. The van der Waals surface area contributed by atoms with Crippen molar-refractivity contribution in [3.05, 3.63) is 47.0 Å². The molecular weight excluding hydrogens is 361 g/mol. The molecular formula is C20H24FN5O2. The summed E-state index contributed by atoms with van der Waals surface area (Å²) in [6.45, 7) is 6.11. The number of ether oxygens (including phenoxy) is 1. The van der Waals surface area contributed by atoms with Gasteiger partial charge in [-0.05, 0) is 37.1 Å². The standard InChI is InChI=1S/C20H24FN5O2/c1-14-17-5-7-26(20(27)23-16-4-2-3-15(21)13-16)8-6-18(17)24-19(22-14)25-9-11-28-12-10-25/h2-4,13H,5-12H2,1H3,(H,23,27). The number of nitrogens with zero attached hydrogens (tertiary/aromatic N) is 4. The fourth-order valence-electron chi connectivity index (χ4n) is 3.65. The summed E-state index contributed by atoms with van der Waals surface area (Å²) in [4.78, 5) is 26.0. The summed E-state index contributed by atoms with van der Waals surface area (Å²) >= 11 is 0. The molecule has 28 heavy (non-hydrogen) atoms. The molecule has 1 aromatic heterocycles. The number of carbonyl (C=O) groups excluding carboxylic acids is 1. The lowest BCUT2D eigenvalue weighted by Crippen LogP contribution is -2.37. The van der Waals surface area contributed by atoms with Crippen molar-refractivity contribution in [2.24, 2.45) is 0 Å². The largest absolute Gasteiger partial charge is 0.378 e. The third-order valence-corrected chi connectivity index (χ3v) is 5.20. The molecule has 148 valence electrons. The zero-order valence-electron chi connectivity index (χ0n) is 15.9. The second kappa shape index (κ2) is 8.10. The molecule has 1 N–H and O–H groups in total. The van der Waals surface area contributed by atoms with Gasteiger partial charge in [0, 0.05) is 44.0 Å². The topological polar surface area (TPSA) is 70.6 Å². The van der Waals surface area contributed by atoms with Crippen molar-refractivity contribution in [3.8, 4) is 0 Å². The smallest absolute Gasteiger partial charge is 0.321 e. The first kappa shape index (κ1) is 18.6. The number of aromatic nitrogens is 2. The van der Waals surface area contributed by atoms with Gasteiger partial charge in [0.2, 0.25) is 5.95 Å². The number of amides is 2. The highest BCUT2D eigenvalue weighted by molar-refractivity contribution is 5.89. The van der Waals surface area contributed by atoms with E-state index in [-0.39, 0.29) is 11.8 Å². The summed E-state index contributed by atoms with van der Waals surface area (Å²) < 4.78 is 18.8. The van der Waals surface area contributed by atoms with Crippen molar-refractivity contribution in [3.63, 3.8) is 0 Å². The first-order valence-corrected chi connectivity index (χ1v) is 9.61. The van der Waals surface area contributed by atoms with Crippen molar-refractivity contribution in [2.75, 3.05) is 49.6 Å². The highest BCUT2D eigenvalue weighted by Crippen LogP contribution is 2.21. The summed E-state index contributed by atoms with van der Waals surface area (Å²) in [5, 5.41) is 2.77. The molecule has 0 spiro atoms. The Balaban J connectivity index is 1.47. The fraction of sp³-hybridized carbons (Fsp3) is 0.450. The van der Waals surface area contributed by atoms with Gasteiger partial charge in [0.25, 0.3) is 0 Å². The third kappa shape index (κ3) is 4.06. The molecule has 0 unspecified atom stereocenters. The van der Waals surface area contributed by atoms with Gasteiger partial charge in [0.05, 0.1) is 18.9 Å². The summed E-state index contributed by atoms with van der Waals surface area (Å²) in [5.74, 6) is 0.375. The van der Waals surface area contributed by atoms with E-state index in [1.165, 1.54) is 12.1 Å². The number of morpholine rings is 1. The molecule has 2 aliphatic rings. The molecule has 1 aromatic carbocycles. The minimum absolute atomic E-state index is 0.225. The van der Waals surface area contributed by atoms with Gasteiger partial charge in [0.15, 0.2) is 0 Å². The van der Waals surface area contributed by atoms with E-state index < -0.39 is 0 Å². The van der Waals surface area contributed by atoms with Crippen LogP contribution in [0.5, 0.6) is 0 Å². The van der Waals surface area contributed by atoms with E-state index in [1.807, 2.05) is 6.92 Å². The number of anilines is 2. The predicted molar refractivity (Wildman–Crippen MR) is 104 cm³/mol. The number of carbonyl (C=O) groups is 1. The monoisotopic (exact) mass is 385 g/mol. The third-order valence-electron chi connectivity index (χ3n) is 5.20. The number of rotatable bonds is 2. The van der Waals surface area contributed by atoms with Crippen molar-refractivity contribution < 1.29 is 13.9 Å². The van der Waals surface area contributed by atoms with E-state index in [1.54, 1.807) is 17.0 Å². The minimum atomic E-state index is -0.373. The van der Waals surface area contributed by atoms with E-state index >= 15 is 0 Å². The van der Waals surface area contributed by atoms with Crippen LogP contribution in [0, 0.1) is 12.7 Å². The second-order valence-electron chi connectivity index (χ2n) is 7.06. The van der Waals surface area contributed by atoms with Gasteiger partial charge in [-0.25, -0.2) is 19.2 Å². The molecule has 2 aliphatic heterocycles. The van der Waals surface area contributed by atoms with E-state index in [4.69, 9.17) is 14.7 Å². The zero-order valence-corrected chi connectivity index (χ0v) is 15.9. The first-order chi connectivity index (χ1) is 13.6. The lowest BCUT2D eigenvalue weighted by Gasteiger charge is -2.27. The molecule has 0 bridgehead atoms. The Labute approximate surface area is 163 Å². The highest BCUT2D eigenvalue weighted by Gasteiger charge is 2.23. The Morgan fingerprint density at radius 2 is 1.93 bits per heavy atom. The second-order valence-corrected chi connectivity index (χ2v) is 7.06. The molecule has 2 aromatic rings. The van der Waals surface area contributed by atoms with Gasteiger partial charge in [-0.3, -0.25) is 0 Å². The number of benzene rings is 1. The average Bonchev–Trinajstić information content (AvgIpc) is 2.92. The van der Waals surface area contributed by atoms with Crippen LogP contribution in [0.2, 0.25) is 0 Å². The van der Waals surface area contributed by atoms with E-state index in [9.17, 15) is 9.18 Å². The van der Waals surface area contributed by atoms with E-state index in [0.717, 1.165) is 36.0 Å². The van der Waals surface area contributed by atoms with Crippen LogP contribution >= 0.6 is 0 Å². The Kier molecular flexibility index (Phi) is 5.38. The quantitative estimate of drug-likeness (QED) is 0.860. The summed E-state index contributed by atoms with van der Waals surface area (Å²) in [6, 6.07) is 5.70. The van der Waals surface area contributed by atoms with Crippen LogP contribution in [-0.2, 0) is 17.6 Å². The Morgan fingerprint density at radius 3 is 2.71 bits per heavy atom. The number of fused-ring (bicyclic) bond motifs is 1. The number of urea groups is 1. The number of hydrogen-bond acceptors (Lipinski definition) is 5. The molecule has 0 atom stereocenters. The summed E-state index contributed by atoms with van der Waals surface area (Å²) in [5.41, 5.74) is 3.56. The van der Waals surface area contributed by atoms with Crippen LogP contribution in [0.25, 0.3) is 0 Å². The molecule has 3 heterocycles. The summed E-state index contributed by atoms with van der Waals surface area (Å²) in [6.07, 6.45) is 1.38. The normalized spacial score (nSPS) is 17.1. The molecule has 0 saturated carbocycles. The molecule has 4 rings (SSSR count). The lowest BCUT2D eigenvalue weighted by atomic mass is 10.1.